The zero-order valence-electron chi connectivity index (χ0n) is 10.3. The van der Waals surface area contributed by atoms with E-state index in [2.05, 4.69) is 5.32 Å². The summed E-state index contributed by atoms with van der Waals surface area (Å²) in [5.41, 5.74) is 1.89. The van der Waals surface area contributed by atoms with E-state index in [1.807, 2.05) is 18.2 Å². The Hall–Kier alpha value is -2.20. The van der Waals surface area contributed by atoms with Crippen molar-refractivity contribution >= 4 is 0 Å². The Bertz CT molecular complexity index is 598. The molecule has 4 heteroatoms. The third-order valence-corrected chi connectivity index (χ3v) is 3.31. The number of phenolic OH excluding ortho intramolecular Hbond substituents is 2. The first-order chi connectivity index (χ1) is 9.24. The van der Waals surface area contributed by atoms with E-state index in [-0.39, 0.29) is 11.8 Å². The number of aromatic hydroxyl groups is 2. The molecule has 0 aliphatic carbocycles. The molecule has 98 valence electrons. The van der Waals surface area contributed by atoms with Crippen molar-refractivity contribution in [3.8, 4) is 17.2 Å². The molecule has 3 N–H and O–H groups in total. The Labute approximate surface area is 111 Å². The predicted molar refractivity (Wildman–Crippen MR) is 71.3 cm³/mol. The number of fused-ring (bicyclic) bond motifs is 1. The normalized spacial score (nSPS) is 16.9. The highest BCUT2D eigenvalue weighted by molar-refractivity contribution is 5.44. The van der Waals surface area contributed by atoms with Gasteiger partial charge in [-0.3, -0.25) is 0 Å². The van der Waals surface area contributed by atoms with Crippen molar-refractivity contribution < 1.29 is 14.9 Å². The van der Waals surface area contributed by atoms with Crippen LogP contribution in [0.4, 0.5) is 0 Å². The Kier molecular flexibility index (Phi) is 3.01. The first-order valence-electron chi connectivity index (χ1n) is 6.20. The number of phenols is 2. The van der Waals surface area contributed by atoms with E-state index in [9.17, 15) is 10.2 Å². The van der Waals surface area contributed by atoms with Crippen molar-refractivity contribution in [2.45, 2.75) is 12.6 Å². The fourth-order valence-electron chi connectivity index (χ4n) is 2.26. The fraction of sp³-hybridized carbons (Fsp3) is 0.200. The van der Waals surface area contributed by atoms with Crippen molar-refractivity contribution in [3.05, 3.63) is 53.6 Å². The van der Waals surface area contributed by atoms with Gasteiger partial charge in [0.15, 0.2) is 0 Å². The molecule has 1 unspecified atom stereocenters. The van der Waals surface area contributed by atoms with E-state index in [0.29, 0.717) is 18.9 Å². The smallest absolute Gasteiger partial charge is 0.127 e. The summed E-state index contributed by atoms with van der Waals surface area (Å²) < 4.78 is 5.53. The van der Waals surface area contributed by atoms with Gasteiger partial charge in [0.05, 0.1) is 6.04 Å². The van der Waals surface area contributed by atoms with E-state index < -0.39 is 0 Å². The second-order valence-electron chi connectivity index (χ2n) is 4.60. The molecule has 0 fully saturated rings. The molecule has 0 saturated carbocycles. The second-order valence-corrected chi connectivity index (χ2v) is 4.60. The van der Waals surface area contributed by atoms with Crippen LogP contribution in [0.1, 0.15) is 17.2 Å². The van der Waals surface area contributed by atoms with Crippen LogP contribution in [0.15, 0.2) is 42.5 Å². The highest BCUT2D eigenvalue weighted by atomic mass is 16.5. The predicted octanol–water partition coefficient (Wildman–Crippen LogP) is 2.32. The van der Waals surface area contributed by atoms with Gasteiger partial charge in [0.25, 0.3) is 0 Å². The summed E-state index contributed by atoms with van der Waals surface area (Å²) in [6, 6.07) is 12.5. The molecule has 0 spiro atoms. The summed E-state index contributed by atoms with van der Waals surface area (Å²) in [6.45, 7) is 1.10. The molecule has 1 aliphatic rings. The molecule has 0 radical (unpaired) electrons. The van der Waals surface area contributed by atoms with Crippen LogP contribution >= 0.6 is 0 Å². The molecule has 0 amide bonds. The molecule has 2 aromatic rings. The highest BCUT2D eigenvalue weighted by Gasteiger charge is 2.23. The summed E-state index contributed by atoms with van der Waals surface area (Å²) in [6.07, 6.45) is 0. The van der Waals surface area contributed by atoms with Gasteiger partial charge in [0.1, 0.15) is 23.9 Å². The molecular weight excluding hydrogens is 242 g/mol. The first-order valence-corrected chi connectivity index (χ1v) is 6.20. The second kappa shape index (κ2) is 4.82. The van der Waals surface area contributed by atoms with Gasteiger partial charge in [-0.05, 0) is 18.2 Å². The average Bonchev–Trinajstić information content (AvgIpc) is 2.80. The zero-order valence-corrected chi connectivity index (χ0v) is 10.3. The molecule has 1 heterocycles. The minimum atomic E-state index is 0.0789. The Morgan fingerprint density at radius 2 is 2.00 bits per heavy atom. The Morgan fingerprint density at radius 1 is 1.16 bits per heavy atom. The van der Waals surface area contributed by atoms with Gasteiger partial charge < -0.3 is 20.3 Å². The molecule has 1 aliphatic heterocycles. The van der Waals surface area contributed by atoms with Crippen molar-refractivity contribution in [3.63, 3.8) is 0 Å². The van der Waals surface area contributed by atoms with Gasteiger partial charge in [-0.25, -0.2) is 0 Å². The topological polar surface area (TPSA) is 61.7 Å². The van der Waals surface area contributed by atoms with Crippen LogP contribution in [0.5, 0.6) is 17.2 Å². The lowest BCUT2D eigenvalue weighted by atomic mass is 10.1. The van der Waals surface area contributed by atoms with Crippen LogP contribution in [0.3, 0.4) is 0 Å². The third kappa shape index (κ3) is 2.35. The minimum Gasteiger partial charge on any atom is -0.508 e. The quantitative estimate of drug-likeness (QED) is 0.789. The molecule has 19 heavy (non-hydrogen) atoms. The zero-order chi connectivity index (χ0) is 13.2. The molecule has 3 rings (SSSR count). The van der Waals surface area contributed by atoms with E-state index in [1.165, 1.54) is 0 Å². The summed E-state index contributed by atoms with van der Waals surface area (Å²) >= 11 is 0. The van der Waals surface area contributed by atoms with Crippen molar-refractivity contribution in [2.24, 2.45) is 0 Å². The average molecular weight is 257 g/mol. The first kappa shape index (κ1) is 11.9. The maximum atomic E-state index is 9.71. The van der Waals surface area contributed by atoms with E-state index in [4.69, 9.17) is 4.74 Å². The summed E-state index contributed by atoms with van der Waals surface area (Å²) in [5.74, 6) is 1.22. The van der Waals surface area contributed by atoms with Crippen LogP contribution in [0, 0.1) is 0 Å². The monoisotopic (exact) mass is 257 g/mol. The standard InChI is InChI=1S/C15H15NO3/c17-11-5-6-12-13(9-19-15(12)7-11)16-8-10-3-1-2-4-14(10)18/h1-7,13,16-18H,8-9H2. The number of rotatable bonds is 3. The van der Waals surface area contributed by atoms with Gasteiger partial charge in [-0.15, -0.1) is 0 Å². The lowest BCUT2D eigenvalue weighted by Crippen LogP contribution is -2.21. The summed E-state index contributed by atoms with van der Waals surface area (Å²) in [7, 11) is 0. The lowest BCUT2D eigenvalue weighted by molar-refractivity contribution is 0.309. The Morgan fingerprint density at radius 3 is 2.84 bits per heavy atom. The van der Waals surface area contributed by atoms with Gasteiger partial charge in [-0.1, -0.05) is 18.2 Å². The largest absolute Gasteiger partial charge is 0.508 e. The number of ether oxygens (including phenoxy) is 1. The van der Waals surface area contributed by atoms with Gasteiger partial charge in [-0.2, -0.15) is 0 Å². The summed E-state index contributed by atoms with van der Waals surface area (Å²) in [4.78, 5) is 0. The maximum absolute atomic E-state index is 9.71. The Balaban J connectivity index is 1.72. The maximum Gasteiger partial charge on any atom is 0.127 e. The van der Waals surface area contributed by atoms with E-state index >= 15 is 0 Å². The number of nitrogens with one attached hydrogen (secondary N) is 1. The number of hydrogen-bond acceptors (Lipinski definition) is 4. The van der Waals surface area contributed by atoms with Crippen molar-refractivity contribution in [1.29, 1.82) is 0 Å². The number of para-hydroxylation sites is 1. The van der Waals surface area contributed by atoms with E-state index in [1.54, 1.807) is 24.3 Å². The van der Waals surface area contributed by atoms with Crippen LogP contribution in [0.2, 0.25) is 0 Å². The van der Waals surface area contributed by atoms with Crippen molar-refractivity contribution in [1.82, 2.24) is 5.32 Å². The molecule has 2 aromatic carbocycles. The third-order valence-electron chi connectivity index (χ3n) is 3.31. The number of benzene rings is 2. The molecular formula is C15H15NO3. The van der Waals surface area contributed by atoms with Gasteiger partial charge in [0.2, 0.25) is 0 Å². The number of hydrogen-bond donors (Lipinski definition) is 3. The molecule has 0 aromatic heterocycles. The van der Waals surface area contributed by atoms with Crippen molar-refractivity contribution in [2.75, 3.05) is 6.61 Å². The van der Waals surface area contributed by atoms with Crippen LogP contribution in [0.25, 0.3) is 0 Å². The van der Waals surface area contributed by atoms with Crippen LogP contribution in [-0.4, -0.2) is 16.8 Å². The molecule has 1 atom stereocenters. The van der Waals surface area contributed by atoms with E-state index in [0.717, 1.165) is 16.9 Å². The minimum absolute atomic E-state index is 0.0789. The lowest BCUT2D eigenvalue weighted by Gasteiger charge is -2.12. The molecule has 0 saturated heterocycles. The fourth-order valence-corrected chi connectivity index (χ4v) is 2.26. The summed E-state index contributed by atoms with van der Waals surface area (Å²) in [5, 5.41) is 22.5. The van der Waals surface area contributed by atoms with Crippen LogP contribution < -0.4 is 10.1 Å². The van der Waals surface area contributed by atoms with Gasteiger partial charge >= 0.3 is 0 Å². The highest BCUT2D eigenvalue weighted by Crippen LogP contribution is 2.35. The van der Waals surface area contributed by atoms with Gasteiger partial charge in [0, 0.05) is 23.7 Å². The van der Waals surface area contributed by atoms with Crippen LogP contribution in [-0.2, 0) is 6.54 Å². The molecule has 4 nitrogen and oxygen atoms in total. The molecule has 0 bridgehead atoms. The SMILES string of the molecule is Oc1ccc2c(c1)OCC2NCc1ccccc1O.